The quantitative estimate of drug-likeness (QED) is 0.346. The highest BCUT2D eigenvalue weighted by atomic mass is 16.0. The molecule has 0 radical (unpaired) electrons. The first-order valence-electron chi connectivity index (χ1n) is 3.63. The van der Waals surface area contributed by atoms with Gasteiger partial charge in [0.05, 0.1) is 21.1 Å². The zero-order valence-corrected chi connectivity index (χ0v) is 7.57. The Balaban J connectivity index is 0. The summed E-state index contributed by atoms with van der Waals surface area (Å²) in [5.41, 5.74) is 3.36. The van der Waals surface area contributed by atoms with Crippen molar-refractivity contribution in [2.75, 3.05) is 27.7 Å². The van der Waals surface area contributed by atoms with Gasteiger partial charge in [0.2, 0.25) is 0 Å². The first kappa shape index (κ1) is 12.5. The van der Waals surface area contributed by atoms with Gasteiger partial charge in [-0.3, -0.25) is 4.59 Å². The van der Waals surface area contributed by atoms with Crippen LogP contribution in [0.2, 0.25) is 0 Å². The normalized spacial score (nSPS) is 10.8. The lowest BCUT2D eigenvalue weighted by Gasteiger charge is -2.23. The molecule has 0 fully saturated rings. The maximum atomic E-state index is 3.36. The van der Waals surface area contributed by atoms with Gasteiger partial charge < -0.3 is 5.48 Å². The van der Waals surface area contributed by atoms with Crippen molar-refractivity contribution in [2.24, 2.45) is 0 Å². The zero-order chi connectivity index (χ0) is 7.33. The van der Waals surface area contributed by atoms with Crippen LogP contribution in [0.1, 0.15) is 19.8 Å². The summed E-state index contributed by atoms with van der Waals surface area (Å²) in [5, 5.41) is 0. The SMILES string of the molecule is CCCCN[N+](C)(C)C.O. The van der Waals surface area contributed by atoms with E-state index in [1.165, 1.54) is 12.8 Å². The molecule has 0 aromatic carbocycles. The van der Waals surface area contributed by atoms with Gasteiger partial charge in [0.1, 0.15) is 0 Å². The van der Waals surface area contributed by atoms with E-state index in [9.17, 15) is 0 Å². The van der Waals surface area contributed by atoms with Gasteiger partial charge in [-0.2, -0.15) is 5.43 Å². The van der Waals surface area contributed by atoms with E-state index in [4.69, 9.17) is 0 Å². The van der Waals surface area contributed by atoms with Gasteiger partial charge in [-0.05, 0) is 6.42 Å². The number of hydrogen-bond donors (Lipinski definition) is 1. The molecule has 3 nitrogen and oxygen atoms in total. The molecule has 10 heavy (non-hydrogen) atoms. The third-order valence-corrected chi connectivity index (χ3v) is 1.12. The predicted molar refractivity (Wildman–Crippen MR) is 44.6 cm³/mol. The fourth-order valence-electron chi connectivity index (χ4n) is 0.591. The van der Waals surface area contributed by atoms with E-state index in [0.29, 0.717) is 0 Å². The molecule has 0 aliphatic carbocycles. The van der Waals surface area contributed by atoms with E-state index in [2.05, 4.69) is 33.5 Å². The monoisotopic (exact) mass is 149 g/mol. The second-order valence-corrected chi connectivity index (χ2v) is 3.27. The summed E-state index contributed by atoms with van der Waals surface area (Å²) < 4.78 is 0.861. The van der Waals surface area contributed by atoms with Crippen LogP contribution in [0.25, 0.3) is 0 Å². The molecular weight excluding hydrogens is 128 g/mol. The van der Waals surface area contributed by atoms with Crippen molar-refractivity contribution < 1.29 is 10.1 Å². The third-order valence-electron chi connectivity index (χ3n) is 1.12. The maximum Gasteiger partial charge on any atom is 0.0853 e. The Morgan fingerprint density at radius 2 is 1.70 bits per heavy atom. The molecule has 0 atom stereocenters. The van der Waals surface area contributed by atoms with Gasteiger partial charge in [0.25, 0.3) is 0 Å². The Labute approximate surface area is 63.9 Å². The van der Waals surface area contributed by atoms with E-state index >= 15 is 0 Å². The minimum absolute atomic E-state index is 0. The summed E-state index contributed by atoms with van der Waals surface area (Å²) in [5.74, 6) is 0. The molecular formula is C7H21N2O+. The van der Waals surface area contributed by atoms with E-state index < -0.39 is 0 Å². The van der Waals surface area contributed by atoms with Gasteiger partial charge in [0, 0.05) is 6.54 Å². The molecule has 0 bridgehead atoms. The summed E-state index contributed by atoms with van der Waals surface area (Å²) in [7, 11) is 6.40. The molecule has 0 unspecified atom stereocenters. The van der Waals surface area contributed by atoms with Crippen LogP contribution in [-0.4, -0.2) is 37.8 Å². The van der Waals surface area contributed by atoms with Crippen LogP contribution in [0.4, 0.5) is 0 Å². The lowest BCUT2D eigenvalue weighted by Crippen LogP contribution is -2.48. The second-order valence-electron chi connectivity index (χ2n) is 3.27. The first-order chi connectivity index (χ1) is 4.06. The number of nitrogens with zero attached hydrogens (tertiary/aromatic N) is 1. The van der Waals surface area contributed by atoms with Gasteiger partial charge in [-0.1, -0.05) is 13.3 Å². The van der Waals surface area contributed by atoms with Crippen molar-refractivity contribution in [1.29, 1.82) is 0 Å². The molecule has 0 amide bonds. The van der Waals surface area contributed by atoms with Crippen LogP contribution in [0.15, 0.2) is 0 Å². The van der Waals surface area contributed by atoms with Crippen LogP contribution >= 0.6 is 0 Å². The van der Waals surface area contributed by atoms with Gasteiger partial charge in [0.15, 0.2) is 0 Å². The van der Waals surface area contributed by atoms with Crippen molar-refractivity contribution >= 4 is 0 Å². The van der Waals surface area contributed by atoms with Crippen molar-refractivity contribution in [3.8, 4) is 0 Å². The van der Waals surface area contributed by atoms with Crippen LogP contribution in [0, 0.1) is 0 Å². The van der Waals surface area contributed by atoms with Gasteiger partial charge in [-0.25, -0.2) is 0 Å². The third kappa shape index (κ3) is 10.8. The molecule has 0 aliphatic rings. The first-order valence-corrected chi connectivity index (χ1v) is 3.63. The smallest absolute Gasteiger partial charge is 0.0853 e. The topological polar surface area (TPSA) is 43.5 Å². The van der Waals surface area contributed by atoms with Crippen LogP contribution in [0.3, 0.4) is 0 Å². The summed E-state index contributed by atoms with van der Waals surface area (Å²) >= 11 is 0. The van der Waals surface area contributed by atoms with Gasteiger partial charge >= 0.3 is 0 Å². The average Bonchev–Trinajstić information content (AvgIpc) is 1.63. The highest BCUT2D eigenvalue weighted by Crippen LogP contribution is 1.86. The summed E-state index contributed by atoms with van der Waals surface area (Å²) in [4.78, 5) is 0. The largest absolute Gasteiger partial charge is 0.412 e. The highest BCUT2D eigenvalue weighted by Gasteiger charge is 2.02. The molecule has 0 saturated carbocycles. The highest BCUT2D eigenvalue weighted by molar-refractivity contribution is 4.32. The Hall–Kier alpha value is -0.120. The van der Waals surface area contributed by atoms with Gasteiger partial charge in [-0.15, -0.1) is 0 Å². The number of quaternary nitrogens is 1. The Morgan fingerprint density at radius 3 is 2.00 bits per heavy atom. The molecule has 0 saturated heterocycles. The molecule has 0 spiro atoms. The number of rotatable bonds is 4. The number of hydrogen-bond acceptors (Lipinski definition) is 1. The van der Waals surface area contributed by atoms with Crippen molar-refractivity contribution in [2.45, 2.75) is 19.8 Å². The Kier molecular flexibility index (Phi) is 7.09. The standard InChI is InChI=1S/C7H19N2.H2O/c1-5-6-7-8-9(2,3)4;/h8H,5-7H2,1-4H3;1H2/q+1;. The molecule has 0 aliphatic heterocycles. The van der Waals surface area contributed by atoms with Crippen molar-refractivity contribution in [3.05, 3.63) is 0 Å². The zero-order valence-electron chi connectivity index (χ0n) is 7.57. The summed E-state index contributed by atoms with van der Waals surface area (Å²) in [6.07, 6.45) is 2.54. The van der Waals surface area contributed by atoms with E-state index in [1.807, 2.05) is 0 Å². The summed E-state index contributed by atoms with van der Waals surface area (Å²) in [6, 6.07) is 0. The minimum Gasteiger partial charge on any atom is -0.412 e. The maximum absolute atomic E-state index is 3.36. The van der Waals surface area contributed by atoms with Crippen molar-refractivity contribution in [1.82, 2.24) is 5.43 Å². The molecule has 0 heterocycles. The Morgan fingerprint density at radius 1 is 1.20 bits per heavy atom. The lowest BCUT2D eigenvalue weighted by atomic mass is 10.3. The predicted octanol–water partition coefficient (Wildman–Crippen LogP) is 0.173. The Bertz CT molecular complexity index is 68.5. The summed E-state index contributed by atoms with van der Waals surface area (Å²) in [6.45, 7) is 3.33. The molecule has 0 aromatic rings. The molecule has 0 aromatic heterocycles. The average molecular weight is 149 g/mol. The van der Waals surface area contributed by atoms with Crippen LogP contribution in [-0.2, 0) is 0 Å². The molecule has 3 heteroatoms. The molecule has 0 rings (SSSR count). The second kappa shape index (κ2) is 5.65. The van der Waals surface area contributed by atoms with E-state index in [1.54, 1.807) is 0 Å². The lowest BCUT2D eigenvalue weighted by molar-refractivity contribution is -0.915. The van der Waals surface area contributed by atoms with Crippen molar-refractivity contribution in [3.63, 3.8) is 0 Å². The number of unbranched alkanes of at least 4 members (excludes halogenated alkanes) is 1. The number of nitrogens with one attached hydrogen (secondary N) is 1. The fraction of sp³-hybridized carbons (Fsp3) is 1.00. The van der Waals surface area contributed by atoms with Crippen LogP contribution < -0.4 is 5.43 Å². The van der Waals surface area contributed by atoms with E-state index in [0.717, 1.165) is 11.1 Å². The molecule has 3 N–H and O–H groups in total. The molecule has 64 valence electrons. The van der Waals surface area contributed by atoms with Crippen LogP contribution in [0.5, 0.6) is 0 Å². The fourth-order valence-corrected chi connectivity index (χ4v) is 0.591. The van der Waals surface area contributed by atoms with E-state index in [-0.39, 0.29) is 5.48 Å². The minimum atomic E-state index is 0.